The van der Waals surface area contributed by atoms with E-state index >= 15 is 0 Å². The number of hydrogen-bond acceptors (Lipinski definition) is 3. The van der Waals surface area contributed by atoms with Crippen LogP contribution in [0.2, 0.25) is 0 Å². The first-order chi connectivity index (χ1) is 9.43. The van der Waals surface area contributed by atoms with Crippen LogP contribution < -0.4 is 5.32 Å². The molecule has 1 atom stereocenters. The summed E-state index contributed by atoms with van der Waals surface area (Å²) >= 11 is 1.77. The highest BCUT2D eigenvalue weighted by atomic mass is 32.2. The number of thioether (sulfide) groups is 1. The van der Waals surface area contributed by atoms with Crippen LogP contribution in [-0.4, -0.2) is 41.0 Å². The van der Waals surface area contributed by atoms with Crippen molar-refractivity contribution in [2.75, 3.05) is 18.1 Å². The molecule has 4 nitrogen and oxygen atoms in total. The molecule has 0 aliphatic rings. The minimum Gasteiger partial charge on any atom is -0.392 e. The van der Waals surface area contributed by atoms with Crippen molar-refractivity contribution in [3.8, 4) is 0 Å². The van der Waals surface area contributed by atoms with E-state index in [0.29, 0.717) is 6.54 Å². The van der Waals surface area contributed by atoms with E-state index in [0.717, 1.165) is 11.4 Å². The van der Waals surface area contributed by atoms with Gasteiger partial charge in [0.15, 0.2) is 0 Å². The molecule has 1 aromatic carbocycles. The van der Waals surface area contributed by atoms with Gasteiger partial charge in [-0.3, -0.25) is 0 Å². The molecule has 0 radical (unpaired) electrons. The van der Waals surface area contributed by atoms with Gasteiger partial charge in [0.2, 0.25) is 0 Å². The van der Waals surface area contributed by atoms with E-state index in [-0.39, 0.29) is 12.1 Å². The smallest absolute Gasteiger partial charge is 0.322 e. The summed E-state index contributed by atoms with van der Waals surface area (Å²) in [5, 5.41) is 12.3. The number of urea groups is 1. The highest BCUT2D eigenvalue weighted by Crippen LogP contribution is 2.14. The molecule has 2 amide bonds. The third-order valence-corrected chi connectivity index (χ3v) is 3.48. The number of carbonyl (C=O) groups excluding carboxylic acids is 1. The molecule has 20 heavy (non-hydrogen) atoms. The van der Waals surface area contributed by atoms with Crippen molar-refractivity contribution in [1.29, 1.82) is 0 Å². The largest absolute Gasteiger partial charge is 0.392 e. The third kappa shape index (κ3) is 5.43. The van der Waals surface area contributed by atoms with Crippen molar-refractivity contribution in [3.05, 3.63) is 29.8 Å². The number of benzene rings is 1. The predicted molar refractivity (Wildman–Crippen MR) is 86.2 cm³/mol. The topological polar surface area (TPSA) is 52.6 Å². The highest BCUT2D eigenvalue weighted by molar-refractivity contribution is 7.97. The first-order valence-electron chi connectivity index (χ1n) is 6.77. The average molecular weight is 296 g/mol. The second-order valence-corrected chi connectivity index (χ2v) is 6.02. The molecular formula is C15H24N2O2S. The van der Waals surface area contributed by atoms with Crippen LogP contribution >= 0.6 is 11.8 Å². The lowest BCUT2D eigenvalue weighted by molar-refractivity contribution is 0.125. The maximum Gasteiger partial charge on any atom is 0.322 e. The maximum absolute atomic E-state index is 12.2. The number of nitrogens with one attached hydrogen (secondary N) is 1. The van der Waals surface area contributed by atoms with E-state index in [9.17, 15) is 9.90 Å². The van der Waals surface area contributed by atoms with Crippen molar-refractivity contribution < 1.29 is 9.90 Å². The van der Waals surface area contributed by atoms with Crippen LogP contribution in [0.1, 0.15) is 26.3 Å². The summed E-state index contributed by atoms with van der Waals surface area (Å²) < 4.78 is 0. The Hall–Kier alpha value is -1.20. The Labute approximate surface area is 125 Å². The average Bonchev–Trinajstić information content (AvgIpc) is 2.38. The van der Waals surface area contributed by atoms with Crippen molar-refractivity contribution in [2.45, 2.75) is 38.7 Å². The zero-order valence-electron chi connectivity index (χ0n) is 12.6. The number of carbonyl (C=O) groups is 1. The van der Waals surface area contributed by atoms with Crippen molar-refractivity contribution >= 4 is 23.5 Å². The first-order valence-corrected chi connectivity index (χ1v) is 8.17. The molecular weight excluding hydrogens is 272 g/mol. The van der Waals surface area contributed by atoms with Gasteiger partial charge >= 0.3 is 6.03 Å². The SMILES string of the molecule is CSCc1ccc(NC(=O)N(CC(C)O)C(C)C)cc1. The monoisotopic (exact) mass is 296 g/mol. The number of aliphatic hydroxyl groups excluding tert-OH is 1. The number of amides is 2. The van der Waals surface area contributed by atoms with Crippen LogP contribution in [0.15, 0.2) is 24.3 Å². The first kappa shape index (κ1) is 16.9. The standard InChI is InChI=1S/C15H24N2O2S/c1-11(2)17(9-12(3)18)15(19)16-14-7-5-13(6-8-14)10-20-4/h5-8,11-12,18H,9-10H2,1-4H3,(H,16,19). The Morgan fingerprint density at radius 1 is 1.30 bits per heavy atom. The summed E-state index contributed by atoms with van der Waals surface area (Å²) in [4.78, 5) is 13.8. The molecule has 0 spiro atoms. The normalized spacial score (nSPS) is 12.3. The Morgan fingerprint density at radius 3 is 2.35 bits per heavy atom. The molecule has 112 valence electrons. The van der Waals surface area contributed by atoms with Gasteiger partial charge in [0.25, 0.3) is 0 Å². The summed E-state index contributed by atoms with van der Waals surface area (Å²) in [6, 6.07) is 7.70. The van der Waals surface area contributed by atoms with Crippen LogP contribution in [0.3, 0.4) is 0 Å². The van der Waals surface area contributed by atoms with Gasteiger partial charge in [-0.1, -0.05) is 12.1 Å². The molecule has 5 heteroatoms. The fourth-order valence-electron chi connectivity index (χ4n) is 1.86. The fourth-order valence-corrected chi connectivity index (χ4v) is 2.38. The Kier molecular flexibility index (Phi) is 6.88. The van der Waals surface area contributed by atoms with Crippen LogP contribution in [0, 0.1) is 0 Å². The van der Waals surface area contributed by atoms with Crippen molar-refractivity contribution in [3.63, 3.8) is 0 Å². The molecule has 0 saturated heterocycles. The van der Waals surface area contributed by atoms with Crippen LogP contribution in [0.25, 0.3) is 0 Å². The summed E-state index contributed by atoms with van der Waals surface area (Å²) in [6.07, 6.45) is 1.53. The molecule has 0 heterocycles. The molecule has 0 saturated carbocycles. The van der Waals surface area contributed by atoms with Gasteiger partial charge in [0.05, 0.1) is 6.10 Å². The third-order valence-electron chi connectivity index (χ3n) is 2.86. The molecule has 0 aliphatic carbocycles. The van der Waals surface area contributed by atoms with Gasteiger partial charge in [0.1, 0.15) is 0 Å². The van der Waals surface area contributed by atoms with Crippen molar-refractivity contribution in [2.24, 2.45) is 0 Å². The minimum atomic E-state index is -0.535. The molecule has 1 unspecified atom stereocenters. The van der Waals surface area contributed by atoms with E-state index in [1.807, 2.05) is 38.1 Å². The van der Waals surface area contributed by atoms with E-state index in [2.05, 4.69) is 11.6 Å². The van der Waals surface area contributed by atoms with Crippen LogP contribution in [-0.2, 0) is 5.75 Å². The number of hydrogen-bond donors (Lipinski definition) is 2. The molecule has 0 aliphatic heterocycles. The van der Waals surface area contributed by atoms with Gasteiger partial charge in [0, 0.05) is 24.0 Å². The minimum absolute atomic E-state index is 0.0420. The number of rotatable bonds is 6. The zero-order valence-corrected chi connectivity index (χ0v) is 13.4. The number of anilines is 1. The molecule has 1 aromatic rings. The van der Waals surface area contributed by atoms with Crippen LogP contribution in [0.4, 0.5) is 10.5 Å². The highest BCUT2D eigenvalue weighted by Gasteiger charge is 2.18. The van der Waals surface area contributed by atoms with Crippen LogP contribution in [0.5, 0.6) is 0 Å². The quantitative estimate of drug-likeness (QED) is 0.848. The van der Waals surface area contributed by atoms with Gasteiger partial charge in [-0.25, -0.2) is 4.79 Å². The maximum atomic E-state index is 12.2. The predicted octanol–water partition coefficient (Wildman–Crippen LogP) is 3.17. The second-order valence-electron chi connectivity index (χ2n) is 5.16. The van der Waals surface area contributed by atoms with Gasteiger partial charge in [-0.2, -0.15) is 11.8 Å². The lowest BCUT2D eigenvalue weighted by atomic mass is 10.2. The van der Waals surface area contributed by atoms with E-state index in [1.165, 1.54) is 5.56 Å². The molecule has 0 bridgehead atoms. The summed E-state index contributed by atoms with van der Waals surface area (Å²) in [6.45, 7) is 5.88. The Morgan fingerprint density at radius 2 is 1.90 bits per heavy atom. The van der Waals surface area contributed by atoms with E-state index < -0.39 is 6.10 Å². The number of nitrogens with zero attached hydrogens (tertiary/aromatic N) is 1. The number of aliphatic hydroxyl groups is 1. The summed E-state index contributed by atoms with van der Waals surface area (Å²) in [5.41, 5.74) is 2.01. The lowest BCUT2D eigenvalue weighted by Crippen LogP contribution is -2.43. The van der Waals surface area contributed by atoms with E-state index in [1.54, 1.807) is 23.6 Å². The molecule has 2 N–H and O–H groups in total. The fraction of sp³-hybridized carbons (Fsp3) is 0.533. The van der Waals surface area contributed by atoms with Gasteiger partial charge < -0.3 is 15.3 Å². The molecule has 1 rings (SSSR count). The second kappa shape index (κ2) is 8.17. The Bertz CT molecular complexity index is 418. The van der Waals surface area contributed by atoms with E-state index in [4.69, 9.17) is 0 Å². The zero-order chi connectivity index (χ0) is 15.1. The summed E-state index contributed by atoms with van der Waals surface area (Å²) in [7, 11) is 0. The van der Waals surface area contributed by atoms with Crippen molar-refractivity contribution in [1.82, 2.24) is 4.90 Å². The lowest BCUT2D eigenvalue weighted by Gasteiger charge is -2.28. The molecule has 0 aromatic heterocycles. The molecule has 0 fully saturated rings. The Balaban J connectivity index is 2.67. The summed E-state index contributed by atoms with van der Waals surface area (Å²) in [5.74, 6) is 0.967. The van der Waals surface area contributed by atoms with Gasteiger partial charge in [-0.15, -0.1) is 0 Å². The van der Waals surface area contributed by atoms with Gasteiger partial charge in [-0.05, 0) is 44.7 Å².